The number of carbonyl (C=O) groups excluding carboxylic acids is 2. The molecule has 0 radical (unpaired) electrons. The third-order valence-electron chi connectivity index (χ3n) is 5.22. The highest BCUT2D eigenvalue weighted by molar-refractivity contribution is 7.17. The van der Waals surface area contributed by atoms with Crippen molar-refractivity contribution >= 4 is 28.3 Å². The van der Waals surface area contributed by atoms with Gasteiger partial charge in [0.2, 0.25) is 5.91 Å². The molecule has 2 aliphatic carbocycles. The molecule has 2 bridgehead atoms. The van der Waals surface area contributed by atoms with E-state index in [1.54, 1.807) is 0 Å². The summed E-state index contributed by atoms with van der Waals surface area (Å²) in [5.74, 6) is 0.215. The number of hydrogen-bond donors (Lipinski definition) is 2. The molecule has 2 aliphatic rings. The lowest BCUT2D eigenvalue weighted by atomic mass is 9.84. The Morgan fingerprint density at radius 1 is 1.29 bits per heavy atom. The zero-order valence-corrected chi connectivity index (χ0v) is 15.4. The third-order valence-corrected chi connectivity index (χ3v) is 6.17. The molecule has 2 saturated carbocycles. The molecule has 0 saturated heterocycles. The summed E-state index contributed by atoms with van der Waals surface area (Å²) in [5, 5.41) is 3.34. The first-order chi connectivity index (χ1) is 11.2. The monoisotopic (exact) mass is 351 g/mol. The quantitative estimate of drug-likeness (QED) is 0.816. The van der Waals surface area contributed by atoms with Crippen molar-refractivity contribution in [2.24, 2.45) is 23.5 Å². The number of amides is 1. The average Bonchev–Trinajstić information content (AvgIpc) is 3.19. The number of nitrogens with two attached hydrogens (primary N) is 1. The van der Waals surface area contributed by atoms with E-state index >= 15 is 0 Å². The highest BCUT2D eigenvalue weighted by Gasteiger charge is 2.49. The van der Waals surface area contributed by atoms with Crippen molar-refractivity contribution in [3.8, 4) is 0 Å². The number of nitrogens with one attached hydrogen (secondary N) is 1. The molecule has 0 aromatic carbocycles. The number of methoxy groups -OCH3 is 1. The predicted octanol–water partition coefficient (Wildman–Crippen LogP) is 2.54. The van der Waals surface area contributed by atoms with Gasteiger partial charge in [-0.2, -0.15) is 0 Å². The first-order valence-electron chi connectivity index (χ1n) is 8.38. The van der Waals surface area contributed by atoms with Crippen LogP contribution in [0.5, 0.6) is 0 Å². The minimum Gasteiger partial charge on any atom is -0.465 e. The van der Waals surface area contributed by atoms with Gasteiger partial charge in [0.1, 0.15) is 4.88 Å². The van der Waals surface area contributed by atoms with Crippen molar-refractivity contribution in [2.45, 2.75) is 51.5 Å². The number of carbonyl (C=O) groups is 2. The molecule has 132 valence electrons. The van der Waals surface area contributed by atoms with Gasteiger partial charge in [0, 0.05) is 11.5 Å². The van der Waals surface area contributed by atoms with Crippen LogP contribution in [0.1, 0.15) is 55.4 Å². The van der Waals surface area contributed by atoms with Crippen LogP contribution in [0.4, 0.5) is 5.13 Å². The maximum atomic E-state index is 12.7. The lowest BCUT2D eigenvalue weighted by molar-refractivity contribution is -0.121. The summed E-state index contributed by atoms with van der Waals surface area (Å²) in [5.41, 5.74) is 6.57. The van der Waals surface area contributed by atoms with Crippen LogP contribution in [-0.4, -0.2) is 30.0 Å². The smallest absolute Gasteiger partial charge is 0.350 e. The minimum atomic E-state index is -0.422. The van der Waals surface area contributed by atoms with Crippen LogP contribution in [0.2, 0.25) is 0 Å². The number of fused-ring (bicyclic) bond motifs is 2. The van der Waals surface area contributed by atoms with Crippen LogP contribution >= 0.6 is 11.3 Å². The van der Waals surface area contributed by atoms with Gasteiger partial charge in [-0.25, -0.2) is 9.78 Å². The zero-order valence-electron chi connectivity index (χ0n) is 14.6. The highest BCUT2D eigenvalue weighted by atomic mass is 32.1. The fourth-order valence-electron chi connectivity index (χ4n) is 4.03. The Labute approximate surface area is 146 Å². The maximum absolute atomic E-state index is 12.7. The maximum Gasteiger partial charge on any atom is 0.350 e. The number of ether oxygens (including phenoxy) is 1. The first-order valence-corrected chi connectivity index (χ1v) is 9.20. The molecule has 24 heavy (non-hydrogen) atoms. The summed E-state index contributed by atoms with van der Waals surface area (Å²) < 4.78 is 4.85. The van der Waals surface area contributed by atoms with E-state index in [9.17, 15) is 9.59 Å². The fourth-order valence-corrected chi connectivity index (χ4v) is 5.12. The van der Waals surface area contributed by atoms with Crippen molar-refractivity contribution in [1.29, 1.82) is 0 Å². The van der Waals surface area contributed by atoms with E-state index in [-0.39, 0.29) is 23.3 Å². The second-order valence-electron chi connectivity index (χ2n) is 7.86. The van der Waals surface area contributed by atoms with Gasteiger partial charge in [-0.15, -0.1) is 0 Å². The SMILES string of the molecule is COC(=O)c1sc(NC(=O)C2C3CCC(C3)C2N)nc1C(C)(C)C. The van der Waals surface area contributed by atoms with Crippen LogP contribution in [0.3, 0.4) is 0 Å². The zero-order chi connectivity index (χ0) is 17.6. The number of thiazole rings is 1. The molecular weight excluding hydrogens is 326 g/mol. The van der Waals surface area contributed by atoms with Gasteiger partial charge >= 0.3 is 5.97 Å². The highest BCUT2D eigenvalue weighted by Crippen LogP contribution is 2.48. The number of anilines is 1. The standard InChI is InChI=1S/C17H25N3O3S/c1-17(2,3)13-12(15(22)23-4)24-16(19-13)20-14(21)10-8-5-6-9(7-8)11(10)18/h8-11H,5-7,18H2,1-4H3,(H,19,20,21). The van der Waals surface area contributed by atoms with E-state index in [1.807, 2.05) is 20.8 Å². The summed E-state index contributed by atoms with van der Waals surface area (Å²) in [6, 6.07) is -0.0640. The van der Waals surface area contributed by atoms with Gasteiger partial charge in [0.25, 0.3) is 0 Å². The summed E-state index contributed by atoms with van der Waals surface area (Å²) in [6.07, 6.45) is 3.26. The van der Waals surface area contributed by atoms with Gasteiger partial charge in [-0.05, 0) is 31.1 Å². The van der Waals surface area contributed by atoms with Gasteiger partial charge < -0.3 is 15.8 Å². The third kappa shape index (κ3) is 2.95. The molecule has 2 fully saturated rings. The van der Waals surface area contributed by atoms with Crippen molar-refractivity contribution in [3.63, 3.8) is 0 Å². The van der Waals surface area contributed by atoms with Gasteiger partial charge in [-0.1, -0.05) is 32.1 Å². The molecule has 1 amide bonds. The van der Waals surface area contributed by atoms with Crippen LogP contribution in [0, 0.1) is 17.8 Å². The van der Waals surface area contributed by atoms with E-state index < -0.39 is 5.97 Å². The molecule has 1 aromatic heterocycles. The molecule has 0 spiro atoms. The van der Waals surface area contributed by atoms with Crippen LogP contribution in [-0.2, 0) is 14.9 Å². The second-order valence-corrected chi connectivity index (χ2v) is 8.86. The fraction of sp³-hybridized carbons (Fsp3) is 0.706. The van der Waals surface area contributed by atoms with E-state index in [2.05, 4.69) is 10.3 Å². The molecule has 4 unspecified atom stereocenters. The lowest BCUT2D eigenvalue weighted by Gasteiger charge is -2.26. The second kappa shape index (κ2) is 6.11. The van der Waals surface area contributed by atoms with Crippen LogP contribution < -0.4 is 11.1 Å². The average molecular weight is 351 g/mol. The Balaban J connectivity index is 1.81. The van der Waals surface area contributed by atoms with E-state index in [0.717, 1.165) is 19.3 Å². The molecule has 1 heterocycles. The number of rotatable bonds is 3. The molecule has 7 heteroatoms. The molecule has 6 nitrogen and oxygen atoms in total. The summed E-state index contributed by atoms with van der Waals surface area (Å²) in [7, 11) is 1.35. The normalized spacial score (nSPS) is 28.9. The molecule has 3 rings (SSSR count). The van der Waals surface area contributed by atoms with Crippen molar-refractivity contribution in [1.82, 2.24) is 4.98 Å². The van der Waals surface area contributed by atoms with E-state index in [0.29, 0.717) is 27.5 Å². The summed E-state index contributed by atoms with van der Waals surface area (Å²) in [4.78, 5) is 29.6. The predicted molar refractivity (Wildman–Crippen MR) is 93.1 cm³/mol. The van der Waals surface area contributed by atoms with Crippen molar-refractivity contribution < 1.29 is 14.3 Å². The molecule has 0 aliphatic heterocycles. The molecule has 1 aromatic rings. The topological polar surface area (TPSA) is 94.3 Å². The van der Waals surface area contributed by atoms with Gasteiger partial charge in [0.05, 0.1) is 18.7 Å². The summed E-state index contributed by atoms with van der Waals surface area (Å²) in [6.45, 7) is 5.93. The molecule has 4 atom stereocenters. The Morgan fingerprint density at radius 2 is 1.96 bits per heavy atom. The van der Waals surface area contributed by atoms with Crippen LogP contribution in [0.25, 0.3) is 0 Å². The molecule has 3 N–H and O–H groups in total. The van der Waals surface area contributed by atoms with E-state index in [4.69, 9.17) is 10.5 Å². The number of nitrogens with zero attached hydrogens (tertiary/aromatic N) is 1. The Morgan fingerprint density at radius 3 is 2.50 bits per heavy atom. The number of esters is 1. The Bertz CT molecular complexity index is 663. The van der Waals surface area contributed by atoms with Crippen molar-refractivity contribution in [2.75, 3.05) is 12.4 Å². The Hall–Kier alpha value is -1.47. The van der Waals surface area contributed by atoms with Crippen LogP contribution in [0.15, 0.2) is 0 Å². The lowest BCUT2D eigenvalue weighted by Crippen LogP contribution is -2.42. The summed E-state index contributed by atoms with van der Waals surface area (Å²) >= 11 is 1.17. The number of aromatic nitrogens is 1. The largest absolute Gasteiger partial charge is 0.465 e. The first kappa shape index (κ1) is 17.4. The van der Waals surface area contributed by atoms with Crippen molar-refractivity contribution in [3.05, 3.63) is 10.6 Å². The van der Waals surface area contributed by atoms with Gasteiger partial charge in [-0.3, -0.25) is 4.79 Å². The minimum absolute atomic E-state index is 0.0640. The molecular formula is C17H25N3O3S. The van der Waals surface area contributed by atoms with E-state index in [1.165, 1.54) is 18.4 Å². The van der Waals surface area contributed by atoms with Gasteiger partial charge in [0.15, 0.2) is 5.13 Å². The number of hydrogen-bond acceptors (Lipinski definition) is 6. The Kier molecular flexibility index (Phi) is 4.42.